The molecule has 3 aromatic rings. The van der Waals surface area contributed by atoms with Crippen LogP contribution in [0.2, 0.25) is 0 Å². The third kappa shape index (κ3) is 5.36. The van der Waals surface area contributed by atoms with Gasteiger partial charge in [-0.3, -0.25) is 14.5 Å². The van der Waals surface area contributed by atoms with Crippen LogP contribution in [0.25, 0.3) is 11.0 Å². The van der Waals surface area contributed by atoms with Crippen LogP contribution in [-0.2, 0) is 13.1 Å². The fourth-order valence-electron chi connectivity index (χ4n) is 5.16. The topological polar surface area (TPSA) is 97.4 Å². The van der Waals surface area contributed by atoms with Crippen molar-refractivity contribution in [1.82, 2.24) is 29.5 Å². The van der Waals surface area contributed by atoms with Crippen LogP contribution in [0, 0.1) is 0 Å². The molecule has 1 aliphatic carbocycles. The number of nitrogens with one attached hydrogen (secondary N) is 1. The predicted octanol–water partition coefficient (Wildman–Crippen LogP) is 3.35. The number of nitrogens with two attached hydrogens (primary N) is 1. The summed E-state index contributed by atoms with van der Waals surface area (Å²) < 4.78 is 7.66. The van der Waals surface area contributed by atoms with E-state index >= 15 is 0 Å². The number of fused-ring (bicyclic) bond motifs is 1. The van der Waals surface area contributed by atoms with Crippen LogP contribution < -0.4 is 15.8 Å². The predicted molar refractivity (Wildman–Crippen MR) is 140 cm³/mol. The van der Waals surface area contributed by atoms with E-state index < -0.39 is 0 Å². The molecule has 2 aliphatic rings. The third-order valence-electron chi connectivity index (χ3n) is 7.40. The Morgan fingerprint density at radius 1 is 1.11 bits per heavy atom. The minimum atomic E-state index is 0.257. The van der Waals surface area contributed by atoms with Crippen LogP contribution >= 0.6 is 0 Å². The first-order valence-electron chi connectivity index (χ1n) is 13.0. The molecule has 0 spiro atoms. The zero-order valence-corrected chi connectivity index (χ0v) is 21.0. The summed E-state index contributed by atoms with van der Waals surface area (Å²) in [5.41, 5.74) is 9.97. The van der Waals surface area contributed by atoms with Crippen LogP contribution in [0.3, 0.4) is 0 Å². The molecule has 0 radical (unpaired) electrons. The third-order valence-corrected chi connectivity index (χ3v) is 7.40. The fourth-order valence-corrected chi connectivity index (χ4v) is 5.16. The number of hydrogen-bond donors (Lipinski definition) is 2. The molecule has 9 heteroatoms. The average Bonchev–Trinajstić information content (AvgIpc) is 3.22. The van der Waals surface area contributed by atoms with Gasteiger partial charge in [0.15, 0.2) is 5.82 Å². The van der Waals surface area contributed by atoms with E-state index in [0.29, 0.717) is 6.54 Å². The normalized spacial score (nSPS) is 17.5. The number of anilines is 2. The van der Waals surface area contributed by atoms with E-state index in [4.69, 9.17) is 10.5 Å². The summed E-state index contributed by atoms with van der Waals surface area (Å²) in [5.74, 6) is 1.86. The van der Waals surface area contributed by atoms with Crippen LogP contribution in [0.5, 0.6) is 5.75 Å². The van der Waals surface area contributed by atoms with E-state index in [1.165, 1.54) is 37.9 Å². The second-order valence-electron chi connectivity index (χ2n) is 9.79. The van der Waals surface area contributed by atoms with Gasteiger partial charge in [0.2, 0.25) is 5.95 Å². The van der Waals surface area contributed by atoms with Crippen molar-refractivity contribution in [3.63, 3.8) is 0 Å². The van der Waals surface area contributed by atoms with Crippen molar-refractivity contribution in [2.24, 2.45) is 0 Å². The molecule has 2 fully saturated rings. The second kappa shape index (κ2) is 10.8. The van der Waals surface area contributed by atoms with E-state index in [9.17, 15) is 0 Å². The standard InChI is InChI=1S/C26H38N8O/c1-3-4-10-28-25-24-22(30-26(27)31-25)16-29-34(24)18-20-15-19(8-9-23(20)35-2)17-32-11-13-33(14-12-32)21-6-5-7-21/h8-9,15-16,21H,3-7,10-14,17-18H2,1-2H3,(H3,27,28,30,31). The van der Waals surface area contributed by atoms with Crippen molar-refractivity contribution in [2.75, 3.05) is 50.9 Å². The maximum atomic E-state index is 5.95. The lowest BCUT2D eigenvalue weighted by atomic mass is 9.91. The van der Waals surface area contributed by atoms with Crippen molar-refractivity contribution in [3.8, 4) is 5.75 Å². The Labute approximate surface area is 207 Å². The van der Waals surface area contributed by atoms with Crippen LogP contribution in [-0.4, -0.2) is 75.4 Å². The van der Waals surface area contributed by atoms with E-state index in [1.54, 1.807) is 13.3 Å². The van der Waals surface area contributed by atoms with Crippen molar-refractivity contribution in [3.05, 3.63) is 35.5 Å². The number of piperazine rings is 1. The first-order chi connectivity index (χ1) is 17.1. The number of rotatable bonds is 10. The molecule has 2 aromatic heterocycles. The Hall–Kier alpha value is -2.91. The first-order valence-corrected chi connectivity index (χ1v) is 13.0. The number of aromatic nitrogens is 4. The molecule has 0 amide bonds. The summed E-state index contributed by atoms with van der Waals surface area (Å²) in [6.07, 6.45) is 8.10. The second-order valence-corrected chi connectivity index (χ2v) is 9.79. The lowest BCUT2D eigenvalue weighted by Crippen LogP contribution is -2.51. The van der Waals surface area contributed by atoms with Crippen molar-refractivity contribution < 1.29 is 4.74 Å². The zero-order valence-electron chi connectivity index (χ0n) is 21.0. The lowest BCUT2D eigenvalue weighted by molar-refractivity contribution is 0.0587. The Balaban J connectivity index is 1.33. The van der Waals surface area contributed by atoms with Crippen LogP contribution in [0.15, 0.2) is 24.4 Å². The number of unbranched alkanes of at least 4 members (excludes halogenated alkanes) is 1. The van der Waals surface area contributed by atoms with E-state index in [-0.39, 0.29) is 5.95 Å². The molecule has 188 valence electrons. The van der Waals surface area contributed by atoms with E-state index in [2.05, 4.69) is 55.3 Å². The molecule has 0 unspecified atom stereocenters. The summed E-state index contributed by atoms with van der Waals surface area (Å²) in [6, 6.07) is 7.36. The van der Waals surface area contributed by atoms with E-state index in [0.717, 1.165) is 73.2 Å². The van der Waals surface area contributed by atoms with Gasteiger partial charge in [0, 0.05) is 50.9 Å². The Bertz CT molecular complexity index is 1130. The minimum absolute atomic E-state index is 0.257. The number of hydrogen-bond acceptors (Lipinski definition) is 8. The molecule has 35 heavy (non-hydrogen) atoms. The first kappa shape index (κ1) is 23.8. The molecule has 1 saturated carbocycles. The smallest absolute Gasteiger partial charge is 0.222 e. The highest BCUT2D eigenvalue weighted by molar-refractivity contribution is 5.86. The number of benzene rings is 1. The van der Waals surface area contributed by atoms with Gasteiger partial charge in [-0.15, -0.1) is 0 Å². The number of nitrogens with zero attached hydrogens (tertiary/aromatic N) is 6. The summed E-state index contributed by atoms with van der Waals surface area (Å²) in [4.78, 5) is 14.1. The average molecular weight is 479 g/mol. The Kier molecular flexibility index (Phi) is 7.34. The maximum Gasteiger partial charge on any atom is 0.222 e. The zero-order chi connectivity index (χ0) is 24.2. The molecule has 1 aliphatic heterocycles. The Morgan fingerprint density at radius 2 is 1.94 bits per heavy atom. The number of nitrogen functional groups attached to an aromatic ring is 1. The molecular formula is C26H38N8O. The molecule has 5 rings (SSSR count). The Morgan fingerprint density at radius 3 is 2.66 bits per heavy atom. The van der Waals surface area contributed by atoms with Gasteiger partial charge in [0.05, 0.1) is 19.9 Å². The van der Waals surface area contributed by atoms with E-state index in [1.807, 2.05) is 4.68 Å². The monoisotopic (exact) mass is 478 g/mol. The number of methoxy groups -OCH3 is 1. The largest absolute Gasteiger partial charge is 0.496 e. The van der Waals surface area contributed by atoms with Gasteiger partial charge < -0.3 is 15.8 Å². The molecular weight excluding hydrogens is 440 g/mol. The summed E-state index contributed by atoms with van der Waals surface area (Å²) in [6.45, 7) is 9.17. The highest BCUT2D eigenvalue weighted by Crippen LogP contribution is 2.28. The van der Waals surface area contributed by atoms with Gasteiger partial charge in [-0.1, -0.05) is 25.8 Å². The van der Waals surface area contributed by atoms with Gasteiger partial charge >= 0.3 is 0 Å². The van der Waals surface area contributed by atoms with Crippen LogP contribution in [0.1, 0.15) is 50.2 Å². The van der Waals surface area contributed by atoms with Gasteiger partial charge in [0.1, 0.15) is 16.8 Å². The minimum Gasteiger partial charge on any atom is -0.496 e. The fraction of sp³-hybridized carbons (Fsp3) is 0.577. The van der Waals surface area contributed by atoms with Crippen molar-refractivity contribution >= 4 is 22.8 Å². The molecule has 9 nitrogen and oxygen atoms in total. The lowest BCUT2D eigenvalue weighted by Gasteiger charge is -2.43. The molecule has 0 atom stereocenters. The molecule has 1 saturated heterocycles. The molecule has 3 heterocycles. The SMILES string of the molecule is CCCCNc1nc(N)nc2cnn(Cc3cc(CN4CCN(C5CCC5)CC4)ccc3OC)c12. The summed E-state index contributed by atoms with van der Waals surface area (Å²) >= 11 is 0. The summed E-state index contributed by atoms with van der Waals surface area (Å²) in [5, 5.41) is 8.05. The quantitative estimate of drug-likeness (QED) is 0.428. The van der Waals surface area contributed by atoms with Gasteiger partial charge in [0.25, 0.3) is 0 Å². The van der Waals surface area contributed by atoms with Gasteiger partial charge in [-0.05, 0) is 37.0 Å². The molecule has 1 aromatic carbocycles. The number of ether oxygens (including phenoxy) is 1. The van der Waals surface area contributed by atoms with Crippen LogP contribution in [0.4, 0.5) is 11.8 Å². The molecule has 0 bridgehead atoms. The van der Waals surface area contributed by atoms with Gasteiger partial charge in [-0.25, -0.2) is 4.98 Å². The summed E-state index contributed by atoms with van der Waals surface area (Å²) in [7, 11) is 1.72. The highest BCUT2D eigenvalue weighted by atomic mass is 16.5. The van der Waals surface area contributed by atoms with Crippen molar-refractivity contribution in [2.45, 2.75) is 58.2 Å². The molecule has 3 N–H and O–H groups in total. The maximum absolute atomic E-state index is 5.95. The van der Waals surface area contributed by atoms with Crippen molar-refractivity contribution in [1.29, 1.82) is 0 Å². The van der Waals surface area contributed by atoms with Gasteiger partial charge in [-0.2, -0.15) is 10.1 Å². The highest BCUT2D eigenvalue weighted by Gasteiger charge is 2.27.